The van der Waals surface area contributed by atoms with Crippen molar-refractivity contribution in [2.75, 3.05) is 6.54 Å². The highest BCUT2D eigenvalue weighted by Crippen LogP contribution is 2.15. The smallest absolute Gasteiger partial charge is 0.211 e. The molecular weight excluding hydrogens is 253 g/mol. The number of terminal acetylenes is 1. The van der Waals surface area contributed by atoms with E-state index in [9.17, 15) is 12.8 Å². The summed E-state index contributed by atoms with van der Waals surface area (Å²) in [6.45, 7) is 1.90. The second-order valence-corrected chi connectivity index (χ2v) is 5.70. The lowest BCUT2D eigenvalue weighted by atomic mass is 10.2. The van der Waals surface area contributed by atoms with Crippen LogP contribution < -0.4 is 4.72 Å². The van der Waals surface area contributed by atoms with Gasteiger partial charge in [-0.05, 0) is 43.5 Å². The van der Waals surface area contributed by atoms with Gasteiger partial charge in [0.2, 0.25) is 10.0 Å². The van der Waals surface area contributed by atoms with Crippen LogP contribution in [-0.4, -0.2) is 15.0 Å². The van der Waals surface area contributed by atoms with Gasteiger partial charge in [0.25, 0.3) is 0 Å². The van der Waals surface area contributed by atoms with Gasteiger partial charge in [-0.25, -0.2) is 17.5 Å². The predicted octanol–water partition coefficient (Wildman–Crippen LogP) is 2.22. The van der Waals surface area contributed by atoms with Crippen molar-refractivity contribution in [1.82, 2.24) is 4.72 Å². The highest BCUT2D eigenvalue weighted by molar-refractivity contribution is 7.89. The molecule has 1 aromatic rings. The lowest BCUT2D eigenvalue weighted by Gasteiger charge is -2.08. The first-order valence-electron chi connectivity index (χ1n) is 5.66. The van der Waals surface area contributed by atoms with Crippen LogP contribution in [0.15, 0.2) is 23.1 Å². The van der Waals surface area contributed by atoms with Gasteiger partial charge in [0.1, 0.15) is 5.82 Å². The molecule has 0 spiro atoms. The lowest BCUT2D eigenvalue weighted by Crippen LogP contribution is -2.25. The van der Waals surface area contributed by atoms with Crippen LogP contribution in [0.2, 0.25) is 0 Å². The number of halogens is 1. The molecule has 0 saturated heterocycles. The average molecular weight is 269 g/mol. The second-order valence-electron chi connectivity index (χ2n) is 3.97. The zero-order valence-corrected chi connectivity index (χ0v) is 11.1. The number of benzene rings is 1. The molecule has 0 fully saturated rings. The van der Waals surface area contributed by atoms with Gasteiger partial charge in [0.15, 0.2) is 0 Å². The Morgan fingerprint density at radius 2 is 2.11 bits per heavy atom. The van der Waals surface area contributed by atoms with Crippen LogP contribution in [0.5, 0.6) is 0 Å². The normalized spacial score (nSPS) is 11.2. The Kier molecular flexibility index (Phi) is 5.32. The minimum Gasteiger partial charge on any atom is -0.211 e. The number of aryl methyl sites for hydroxylation is 1. The molecule has 0 atom stereocenters. The van der Waals surface area contributed by atoms with Crippen LogP contribution in [0.1, 0.15) is 24.8 Å². The molecule has 0 saturated carbocycles. The second kappa shape index (κ2) is 6.53. The minimum atomic E-state index is -3.56. The Morgan fingerprint density at radius 1 is 1.39 bits per heavy atom. The van der Waals surface area contributed by atoms with E-state index >= 15 is 0 Å². The molecular formula is C13H16FNO2S. The molecule has 0 aromatic heterocycles. The predicted molar refractivity (Wildman–Crippen MR) is 69.0 cm³/mol. The maximum absolute atomic E-state index is 12.9. The van der Waals surface area contributed by atoms with Gasteiger partial charge in [0, 0.05) is 13.0 Å². The molecule has 3 nitrogen and oxygen atoms in total. The van der Waals surface area contributed by atoms with Crippen molar-refractivity contribution >= 4 is 10.0 Å². The summed E-state index contributed by atoms with van der Waals surface area (Å²) >= 11 is 0. The fourth-order valence-corrected chi connectivity index (χ4v) is 2.85. The van der Waals surface area contributed by atoms with Crippen molar-refractivity contribution in [1.29, 1.82) is 0 Å². The van der Waals surface area contributed by atoms with Crippen LogP contribution in [-0.2, 0) is 10.0 Å². The number of sulfonamides is 1. The third kappa shape index (κ3) is 4.13. The SMILES string of the molecule is C#CCCCCNS(=O)(=O)c1ccc(F)cc1C. The maximum Gasteiger partial charge on any atom is 0.240 e. The molecule has 5 heteroatoms. The minimum absolute atomic E-state index is 0.112. The number of rotatable bonds is 6. The van der Waals surface area contributed by atoms with Crippen molar-refractivity contribution < 1.29 is 12.8 Å². The Bertz CT molecular complexity index is 547. The molecule has 0 bridgehead atoms. The van der Waals surface area contributed by atoms with Crippen LogP contribution in [0.25, 0.3) is 0 Å². The van der Waals surface area contributed by atoms with Gasteiger partial charge in [-0.15, -0.1) is 12.3 Å². The van der Waals surface area contributed by atoms with Gasteiger partial charge in [0.05, 0.1) is 4.90 Å². The molecule has 0 aliphatic rings. The number of unbranched alkanes of at least 4 members (excludes halogenated alkanes) is 2. The number of nitrogens with one attached hydrogen (secondary N) is 1. The standard InChI is InChI=1S/C13H16FNO2S/c1-3-4-5-6-9-15-18(16,17)13-8-7-12(14)10-11(13)2/h1,7-8,10,15H,4-6,9H2,2H3. The molecule has 1 N–H and O–H groups in total. The van der Waals surface area contributed by atoms with E-state index in [0.717, 1.165) is 12.5 Å². The summed E-state index contributed by atoms with van der Waals surface area (Å²) in [4.78, 5) is 0.112. The van der Waals surface area contributed by atoms with Crippen molar-refractivity contribution in [3.63, 3.8) is 0 Å². The van der Waals surface area contributed by atoms with Crippen LogP contribution in [0.3, 0.4) is 0 Å². The van der Waals surface area contributed by atoms with Crippen molar-refractivity contribution in [3.8, 4) is 12.3 Å². The van der Waals surface area contributed by atoms with Gasteiger partial charge >= 0.3 is 0 Å². The summed E-state index contributed by atoms with van der Waals surface area (Å²) in [5.74, 6) is 2.05. The third-order valence-electron chi connectivity index (χ3n) is 2.47. The van der Waals surface area contributed by atoms with E-state index in [2.05, 4.69) is 10.6 Å². The molecule has 98 valence electrons. The van der Waals surface area contributed by atoms with Gasteiger partial charge in [-0.3, -0.25) is 0 Å². The summed E-state index contributed by atoms with van der Waals surface area (Å²) in [5.41, 5.74) is 0.395. The average Bonchev–Trinajstić information content (AvgIpc) is 2.28. The molecule has 1 rings (SSSR count). The Balaban J connectivity index is 2.66. The summed E-state index contributed by atoms with van der Waals surface area (Å²) in [7, 11) is -3.56. The lowest BCUT2D eigenvalue weighted by molar-refractivity contribution is 0.575. The molecule has 0 heterocycles. The summed E-state index contributed by atoms with van der Waals surface area (Å²) in [6, 6.07) is 3.61. The van der Waals surface area contributed by atoms with E-state index in [-0.39, 0.29) is 4.90 Å². The van der Waals surface area contributed by atoms with Gasteiger partial charge in [-0.1, -0.05) is 0 Å². The molecule has 0 aliphatic carbocycles. The van der Waals surface area contributed by atoms with Crippen molar-refractivity contribution in [2.45, 2.75) is 31.1 Å². The van der Waals surface area contributed by atoms with Gasteiger partial charge < -0.3 is 0 Å². The number of hydrogen-bond donors (Lipinski definition) is 1. The summed E-state index contributed by atoms with van der Waals surface area (Å²) in [6.07, 6.45) is 7.20. The van der Waals surface area contributed by atoms with Gasteiger partial charge in [-0.2, -0.15) is 0 Å². The van der Waals surface area contributed by atoms with Crippen molar-refractivity contribution in [2.24, 2.45) is 0 Å². The van der Waals surface area contributed by atoms with Crippen LogP contribution in [0.4, 0.5) is 4.39 Å². The number of hydrogen-bond acceptors (Lipinski definition) is 2. The van der Waals surface area contributed by atoms with E-state index in [4.69, 9.17) is 6.42 Å². The molecule has 0 aliphatic heterocycles. The van der Waals surface area contributed by atoms with Crippen molar-refractivity contribution in [3.05, 3.63) is 29.6 Å². The first-order chi connectivity index (χ1) is 8.47. The van der Waals surface area contributed by atoms with E-state index < -0.39 is 15.8 Å². The first kappa shape index (κ1) is 14.7. The first-order valence-corrected chi connectivity index (χ1v) is 7.15. The van der Waals surface area contributed by atoms with E-state index in [1.54, 1.807) is 6.92 Å². The topological polar surface area (TPSA) is 46.2 Å². The summed E-state index contributed by atoms with van der Waals surface area (Å²) < 4.78 is 39.2. The Hall–Kier alpha value is -1.38. The molecule has 18 heavy (non-hydrogen) atoms. The quantitative estimate of drug-likeness (QED) is 0.636. The largest absolute Gasteiger partial charge is 0.240 e. The monoisotopic (exact) mass is 269 g/mol. The van der Waals surface area contributed by atoms with E-state index in [1.165, 1.54) is 12.1 Å². The molecule has 1 aromatic carbocycles. The Morgan fingerprint density at radius 3 is 2.72 bits per heavy atom. The third-order valence-corrected chi connectivity index (χ3v) is 4.09. The fraction of sp³-hybridized carbons (Fsp3) is 0.385. The highest BCUT2D eigenvalue weighted by atomic mass is 32.2. The van der Waals surface area contributed by atoms with E-state index in [1.807, 2.05) is 0 Å². The summed E-state index contributed by atoms with van der Waals surface area (Å²) in [5, 5.41) is 0. The highest BCUT2D eigenvalue weighted by Gasteiger charge is 2.16. The van der Waals surface area contributed by atoms with Crippen LogP contribution >= 0.6 is 0 Å². The zero-order chi connectivity index (χ0) is 13.6. The molecule has 0 unspecified atom stereocenters. The fourth-order valence-electron chi connectivity index (χ4n) is 1.55. The van der Waals surface area contributed by atoms with E-state index in [0.29, 0.717) is 24.9 Å². The zero-order valence-electron chi connectivity index (χ0n) is 10.2. The maximum atomic E-state index is 12.9. The van der Waals surface area contributed by atoms with Crippen LogP contribution in [0, 0.1) is 25.1 Å². The molecule has 0 radical (unpaired) electrons. The Labute approximate surface area is 107 Å². The molecule has 0 amide bonds.